The van der Waals surface area contributed by atoms with Crippen molar-refractivity contribution in [2.24, 2.45) is 11.8 Å². The molecule has 0 N–H and O–H groups in total. The number of halogens is 3. The van der Waals surface area contributed by atoms with Crippen molar-refractivity contribution in [2.75, 3.05) is 0 Å². The van der Waals surface area contributed by atoms with Gasteiger partial charge in [-0.05, 0) is 5.92 Å². The van der Waals surface area contributed by atoms with Gasteiger partial charge in [-0.3, -0.25) is 0 Å². The summed E-state index contributed by atoms with van der Waals surface area (Å²) in [6.07, 6.45) is 16.1. The second kappa shape index (κ2) is 12.8. The zero-order valence-electron chi connectivity index (χ0n) is 15.0. The van der Waals surface area contributed by atoms with Crippen LogP contribution in [-0.2, 0) is 21.7 Å². The SMILES string of the molecule is CCCC[Si](C)(c1ccccc1)C1[CH-]C2C=CC=CC2C1.[Cl-].[Cl-].[Cl-].[Ti+4]. The monoisotopic (exact) mass is 448 g/mol. The average molecular weight is 450 g/mol. The Balaban J connectivity index is 0. The smallest absolute Gasteiger partial charge is 1.00 e. The predicted molar refractivity (Wildman–Crippen MR) is 95.3 cm³/mol. The van der Waals surface area contributed by atoms with E-state index < -0.39 is 8.07 Å². The van der Waals surface area contributed by atoms with Gasteiger partial charge in [0.1, 0.15) is 0 Å². The second-order valence-electron chi connectivity index (χ2n) is 6.93. The van der Waals surface area contributed by atoms with Crippen molar-refractivity contribution in [1.82, 2.24) is 0 Å². The first-order valence-corrected chi connectivity index (χ1v) is 11.3. The molecule has 1 saturated carbocycles. The van der Waals surface area contributed by atoms with Crippen molar-refractivity contribution in [3.05, 3.63) is 61.1 Å². The average Bonchev–Trinajstić information content (AvgIpc) is 2.98. The molecule has 0 aromatic heterocycles. The zero-order chi connectivity index (χ0) is 14.7. The van der Waals surface area contributed by atoms with Crippen LogP contribution in [0, 0.1) is 18.3 Å². The topological polar surface area (TPSA) is 0 Å². The summed E-state index contributed by atoms with van der Waals surface area (Å²) in [5.41, 5.74) is 0.828. The molecule has 0 amide bonds. The van der Waals surface area contributed by atoms with E-state index in [4.69, 9.17) is 0 Å². The Kier molecular flexibility index (Phi) is 14.2. The Morgan fingerprint density at radius 1 is 1.04 bits per heavy atom. The molecular formula is C20H27Cl3SiTi. The van der Waals surface area contributed by atoms with Crippen LogP contribution in [0.2, 0.25) is 18.1 Å². The minimum atomic E-state index is -1.43. The molecular weight excluding hydrogens is 423 g/mol. The third-order valence-corrected chi connectivity index (χ3v) is 10.7. The van der Waals surface area contributed by atoms with Crippen LogP contribution < -0.4 is 42.4 Å². The van der Waals surface area contributed by atoms with E-state index in [0.29, 0.717) is 5.92 Å². The van der Waals surface area contributed by atoms with Crippen LogP contribution >= 0.6 is 0 Å². The minimum absolute atomic E-state index is 0. The molecule has 0 radical (unpaired) electrons. The van der Waals surface area contributed by atoms with Crippen molar-refractivity contribution in [1.29, 1.82) is 0 Å². The molecule has 0 saturated heterocycles. The number of allylic oxidation sites excluding steroid dienone is 4. The molecule has 1 aromatic rings. The quantitative estimate of drug-likeness (QED) is 0.319. The van der Waals surface area contributed by atoms with Crippen LogP contribution in [0.25, 0.3) is 0 Å². The fraction of sp³-hybridized carbons (Fsp3) is 0.450. The molecule has 0 aliphatic heterocycles. The van der Waals surface area contributed by atoms with Crippen LogP contribution in [0.3, 0.4) is 0 Å². The maximum atomic E-state index is 2.69. The van der Waals surface area contributed by atoms with Crippen molar-refractivity contribution in [3.63, 3.8) is 0 Å². The van der Waals surface area contributed by atoms with Crippen LogP contribution in [0.15, 0.2) is 54.6 Å². The van der Waals surface area contributed by atoms with E-state index in [-0.39, 0.29) is 58.9 Å². The summed E-state index contributed by atoms with van der Waals surface area (Å²) in [4.78, 5) is 0. The number of benzene rings is 1. The molecule has 0 bridgehead atoms. The Morgan fingerprint density at radius 2 is 1.68 bits per heavy atom. The number of unbranched alkanes of at least 4 members (excludes halogenated alkanes) is 1. The van der Waals surface area contributed by atoms with E-state index >= 15 is 0 Å². The standard InChI is InChI=1S/C20H27Si.3ClH.Ti/c1-3-4-14-21(2,19-12-6-5-7-13-19)20-15-17-10-8-9-11-18(17)16-20;;;;/h5-13,15,17-18,20H,3-4,14,16H2,1-2H3;3*1H;/q-1;;;;+4/p-3. The molecule has 0 nitrogen and oxygen atoms in total. The van der Waals surface area contributed by atoms with Gasteiger partial charge in [0.25, 0.3) is 0 Å². The Labute approximate surface area is 188 Å². The van der Waals surface area contributed by atoms with Crippen LogP contribution in [0.5, 0.6) is 0 Å². The van der Waals surface area contributed by atoms with E-state index in [2.05, 4.69) is 74.5 Å². The number of rotatable bonds is 5. The Morgan fingerprint density at radius 3 is 2.28 bits per heavy atom. The largest absolute Gasteiger partial charge is 4.00 e. The number of fused-ring (bicyclic) bond motifs is 1. The van der Waals surface area contributed by atoms with E-state index in [1.165, 1.54) is 25.3 Å². The number of hydrogen-bond donors (Lipinski definition) is 0. The maximum Gasteiger partial charge on any atom is 4.00 e. The minimum Gasteiger partial charge on any atom is -1.00 e. The molecule has 4 atom stereocenters. The summed E-state index contributed by atoms with van der Waals surface area (Å²) in [7, 11) is -1.43. The van der Waals surface area contributed by atoms with Crippen molar-refractivity contribution >= 4 is 13.3 Å². The first-order valence-electron chi connectivity index (χ1n) is 8.49. The fourth-order valence-electron chi connectivity index (χ4n) is 4.13. The summed E-state index contributed by atoms with van der Waals surface area (Å²) in [5.74, 6) is 1.45. The molecule has 136 valence electrons. The number of hydrogen-bond acceptors (Lipinski definition) is 0. The van der Waals surface area contributed by atoms with E-state index in [1.807, 2.05) is 0 Å². The molecule has 3 rings (SSSR count). The van der Waals surface area contributed by atoms with Crippen LogP contribution in [0.4, 0.5) is 0 Å². The summed E-state index contributed by atoms with van der Waals surface area (Å²) >= 11 is 0. The molecule has 1 aromatic carbocycles. The van der Waals surface area contributed by atoms with Crippen molar-refractivity contribution < 1.29 is 58.9 Å². The third-order valence-electron chi connectivity index (χ3n) is 5.58. The van der Waals surface area contributed by atoms with Gasteiger partial charge in [-0.25, -0.2) is 0 Å². The van der Waals surface area contributed by atoms with Gasteiger partial charge in [-0.1, -0.05) is 92.5 Å². The molecule has 1 fully saturated rings. The summed E-state index contributed by atoms with van der Waals surface area (Å²) < 4.78 is 0. The molecule has 4 unspecified atom stereocenters. The summed E-state index contributed by atoms with van der Waals surface area (Å²) in [5, 5.41) is 1.66. The van der Waals surface area contributed by atoms with Crippen molar-refractivity contribution in [3.8, 4) is 0 Å². The normalized spacial score (nSPS) is 25.3. The molecule has 2 aliphatic rings. The van der Waals surface area contributed by atoms with Gasteiger partial charge < -0.3 is 43.6 Å². The molecule has 2 aliphatic carbocycles. The fourth-order valence-corrected chi connectivity index (χ4v) is 8.70. The summed E-state index contributed by atoms with van der Waals surface area (Å²) in [6.45, 7) is 4.95. The zero-order valence-corrected chi connectivity index (χ0v) is 19.8. The van der Waals surface area contributed by atoms with Gasteiger partial charge in [-0.2, -0.15) is 5.54 Å². The Bertz CT molecular complexity index is 515. The van der Waals surface area contributed by atoms with Gasteiger partial charge in [0, 0.05) is 0 Å². The van der Waals surface area contributed by atoms with E-state index in [0.717, 1.165) is 11.5 Å². The van der Waals surface area contributed by atoms with Crippen LogP contribution in [0.1, 0.15) is 26.2 Å². The Hall–Kier alpha value is 0.501. The molecule has 25 heavy (non-hydrogen) atoms. The van der Waals surface area contributed by atoms with E-state index in [9.17, 15) is 0 Å². The van der Waals surface area contributed by atoms with E-state index in [1.54, 1.807) is 5.19 Å². The van der Waals surface area contributed by atoms with Gasteiger partial charge in [-0.15, -0.1) is 12.0 Å². The predicted octanol–water partition coefficient (Wildman–Crippen LogP) is -3.88. The maximum absolute atomic E-state index is 2.69. The van der Waals surface area contributed by atoms with Gasteiger partial charge in [0.2, 0.25) is 0 Å². The first kappa shape index (κ1) is 27.7. The van der Waals surface area contributed by atoms with Gasteiger partial charge in [0.05, 0.1) is 8.07 Å². The second-order valence-corrected chi connectivity index (χ2v) is 11.6. The third kappa shape index (κ3) is 6.26. The van der Waals surface area contributed by atoms with Gasteiger partial charge in [0.15, 0.2) is 0 Å². The molecule has 0 spiro atoms. The summed E-state index contributed by atoms with van der Waals surface area (Å²) in [6, 6.07) is 12.8. The van der Waals surface area contributed by atoms with Crippen LogP contribution in [-0.4, -0.2) is 8.07 Å². The molecule has 5 heteroatoms. The first-order chi connectivity index (χ1) is 10.2. The molecule has 0 heterocycles. The van der Waals surface area contributed by atoms with Crippen molar-refractivity contribution in [2.45, 2.75) is 44.3 Å². The van der Waals surface area contributed by atoms with Gasteiger partial charge >= 0.3 is 21.7 Å².